The van der Waals surface area contributed by atoms with Crippen LogP contribution in [0.1, 0.15) is 54.9 Å². The Morgan fingerprint density at radius 3 is 2.60 bits per heavy atom. The van der Waals surface area contributed by atoms with Crippen LogP contribution >= 0.6 is 0 Å². The van der Waals surface area contributed by atoms with Gasteiger partial charge < -0.3 is 5.11 Å². The predicted octanol–water partition coefficient (Wildman–Crippen LogP) is 2.40. The highest BCUT2D eigenvalue weighted by Crippen LogP contribution is 2.16. The number of H-pyrrole nitrogens is 1. The van der Waals surface area contributed by atoms with Gasteiger partial charge in [0.2, 0.25) is 0 Å². The third-order valence-corrected chi connectivity index (χ3v) is 2.44. The lowest BCUT2D eigenvalue weighted by Crippen LogP contribution is -2.02. The molecular weight excluding hydrogens is 192 g/mol. The van der Waals surface area contributed by atoms with Crippen molar-refractivity contribution >= 4 is 5.97 Å². The van der Waals surface area contributed by atoms with Gasteiger partial charge in [-0.2, -0.15) is 5.10 Å². The molecule has 0 fully saturated rings. The Hall–Kier alpha value is -1.32. The molecule has 0 amide bonds. The van der Waals surface area contributed by atoms with Crippen molar-refractivity contribution in [2.24, 2.45) is 0 Å². The SMILES string of the molecule is CCCCc1c(C(=O)O)n[nH]c1CCC. The van der Waals surface area contributed by atoms with Gasteiger partial charge in [0.25, 0.3) is 0 Å². The average molecular weight is 210 g/mol. The van der Waals surface area contributed by atoms with Gasteiger partial charge in [-0.05, 0) is 19.3 Å². The first-order valence-electron chi connectivity index (χ1n) is 5.50. The Morgan fingerprint density at radius 1 is 1.33 bits per heavy atom. The minimum absolute atomic E-state index is 0.201. The maximum absolute atomic E-state index is 10.9. The molecule has 2 N–H and O–H groups in total. The summed E-state index contributed by atoms with van der Waals surface area (Å²) in [5.74, 6) is -0.931. The Morgan fingerprint density at radius 2 is 2.07 bits per heavy atom. The van der Waals surface area contributed by atoms with E-state index in [0.717, 1.165) is 43.4 Å². The summed E-state index contributed by atoms with van der Waals surface area (Å²) in [5.41, 5.74) is 2.08. The van der Waals surface area contributed by atoms with Gasteiger partial charge in [0.1, 0.15) is 0 Å². The molecular formula is C11H18N2O2. The lowest BCUT2D eigenvalue weighted by molar-refractivity contribution is 0.0689. The number of carbonyl (C=O) groups is 1. The number of hydrogen-bond donors (Lipinski definition) is 2. The number of aromatic carboxylic acids is 1. The molecule has 1 heterocycles. The first-order valence-corrected chi connectivity index (χ1v) is 5.50. The molecule has 1 aromatic heterocycles. The maximum atomic E-state index is 10.9. The quantitative estimate of drug-likeness (QED) is 0.757. The third-order valence-electron chi connectivity index (χ3n) is 2.44. The molecule has 1 rings (SSSR count). The summed E-state index contributed by atoms with van der Waals surface area (Å²) >= 11 is 0. The molecule has 0 saturated carbocycles. The number of carboxylic acids is 1. The number of aryl methyl sites for hydroxylation is 1. The number of nitrogens with one attached hydrogen (secondary N) is 1. The highest BCUT2D eigenvalue weighted by Gasteiger charge is 2.17. The number of hydrogen-bond acceptors (Lipinski definition) is 2. The largest absolute Gasteiger partial charge is 0.476 e. The van der Waals surface area contributed by atoms with E-state index in [9.17, 15) is 4.79 Å². The van der Waals surface area contributed by atoms with Crippen molar-refractivity contribution in [1.29, 1.82) is 0 Å². The van der Waals surface area contributed by atoms with Crippen molar-refractivity contribution in [2.75, 3.05) is 0 Å². The van der Waals surface area contributed by atoms with Crippen molar-refractivity contribution in [3.8, 4) is 0 Å². The third kappa shape index (κ3) is 2.81. The molecule has 4 nitrogen and oxygen atoms in total. The predicted molar refractivity (Wildman–Crippen MR) is 58.2 cm³/mol. The Bertz CT molecular complexity index is 331. The zero-order valence-corrected chi connectivity index (χ0v) is 9.34. The van der Waals surface area contributed by atoms with E-state index in [2.05, 4.69) is 24.0 Å². The molecule has 0 radical (unpaired) electrons. The fraction of sp³-hybridized carbons (Fsp3) is 0.636. The maximum Gasteiger partial charge on any atom is 0.356 e. The van der Waals surface area contributed by atoms with E-state index in [-0.39, 0.29) is 5.69 Å². The summed E-state index contributed by atoms with van der Waals surface area (Å²) in [6.07, 6.45) is 4.76. The molecule has 0 unspecified atom stereocenters. The molecule has 0 aliphatic heterocycles. The summed E-state index contributed by atoms with van der Waals surface area (Å²) < 4.78 is 0. The van der Waals surface area contributed by atoms with Crippen molar-refractivity contribution in [2.45, 2.75) is 46.0 Å². The number of carboxylic acid groups (broad SMARTS) is 1. The standard InChI is InChI=1S/C11H18N2O2/c1-3-5-7-8-9(6-4-2)12-13-10(8)11(14)15/h3-7H2,1-2H3,(H,12,13)(H,14,15). The summed E-state index contributed by atoms with van der Waals surface area (Å²) in [4.78, 5) is 10.9. The molecule has 0 atom stereocenters. The highest BCUT2D eigenvalue weighted by atomic mass is 16.4. The van der Waals surface area contributed by atoms with E-state index < -0.39 is 5.97 Å². The molecule has 0 aliphatic rings. The zero-order valence-electron chi connectivity index (χ0n) is 9.34. The van der Waals surface area contributed by atoms with Gasteiger partial charge in [0, 0.05) is 11.3 Å². The van der Waals surface area contributed by atoms with Crippen LogP contribution < -0.4 is 0 Å². The second-order valence-electron chi connectivity index (χ2n) is 3.69. The molecule has 0 saturated heterocycles. The number of unbranched alkanes of at least 4 members (excludes halogenated alkanes) is 1. The van der Waals surface area contributed by atoms with E-state index in [1.54, 1.807) is 0 Å². The van der Waals surface area contributed by atoms with Gasteiger partial charge in [0.15, 0.2) is 5.69 Å². The summed E-state index contributed by atoms with van der Waals surface area (Å²) in [7, 11) is 0. The Kier molecular flexibility index (Phi) is 4.34. The number of aromatic amines is 1. The monoisotopic (exact) mass is 210 g/mol. The first-order chi connectivity index (χ1) is 7.20. The van der Waals surface area contributed by atoms with E-state index in [0.29, 0.717) is 0 Å². The van der Waals surface area contributed by atoms with Crippen molar-refractivity contribution < 1.29 is 9.90 Å². The van der Waals surface area contributed by atoms with Gasteiger partial charge in [-0.3, -0.25) is 5.10 Å². The summed E-state index contributed by atoms with van der Waals surface area (Å²) in [6, 6.07) is 0. The van der Waals surface area contributed by atoms with Crippen LogP contribution in [0.15, 0.2) is 0 Å². The molecule has 84 valence electrons. The van der Waals surface area contributed by atoms with Crippen LogP contribution in [0.25, 0.3) is 0 Å². The van der Waals surface area contributed by atoms with E-state index in [1.165, 1.54) is 0 Å². The Balaban J connectivity index is 2.91. The van der Waals surface area contributed by atoms with Gasteiger partial charge in [-0.15, -0.1) is 0 Å². The van der Waals surface area contributed by atoms with Gasteiger partial charge in [0.05, 0.1) is 0 Å². The number of nitrogens with zero attached hydrogens (tertiary/aromatic N) is 1. The smallest absolute Gasteiger partial charge is 0.356 e. The minimum atomic E-state index is -0.931. The number of aromatic nitrogens is 2. The summed E-state index contributed by atoms with van der Waals surface area (Å²) in [6.45, 7) is 4.17. The van der Waals surface area contributed by atoms with Crippen LogP contribution in [0.2, 0.25) is 0 Å². The van der Waals surface area contributed by atoms with Crippen molar-refractivity contribution in [3.63, 3.8) is 0 Å². The van der Waals surface area contributed by atoms with E-state index >= 15 is 0 Å². The lowest BCUT2D eigenvalue weighted by Gasteiger charge is -2.01. The number of rotatable bonds is 6. The molecule has 15 heavy (non-hydrogen) atoms. The van der Waals surface area contributed by atoms with Crippen LogP contribution in [0.5, 0.6) is 0 Å². The fourth-order valence-electron chi connectivity index (χ4n) is 1.66. The fourth-order valence-corrected chi connectivity index (χ4v) is 1.66. The zero-order chi connectivity index (χ0) is 11.3. The normalized spacial score (nSPS) is 10.5. The highest BCUT2D eigenvalue weighted by molar-refractivity contribution is 5.87. The average Bonchev–Trinajstić information content (AvgIpc) is 2.59. The first kappa shape index (κ1) is 11.8. The van der Waals surface area contributed by atoms with E-state index in [1.807, 2.05) is 0 Å². The second kappa shape index (κ2) is 5.53. The lowest BCUT2D eigenvalue weighted by atomic mass is 10.0. The van der Waals surface area contributed by atoms with Crippen molar-refractivity contribution in [1.82, 2.24) is 10.2 Å². The van der Waals surface area contributed by atoms with Gasteiger partial charge in [-0.1, -0.05) is 26.7 Å². The van der Waals surface area contributed by atoms with Gasteiger partial charge >= 0.3 is 5.97 Å². The molecule has 0 spiro atoms. The Labute approximate surface area is 89.7 Å². The van der Waals surface area contributed by atoms with Crippen LogP contribution in [0.4, 0.5) is 0 Å². The van der Waals surface area contributed by atoms with Crippen LogP contribution in [0, 0.1) is 0 Å². The molecule has 0 aliphatic carbocycles. The van der Waals surface area contributed by atoms with Crippen LogP contribution in [0.3, 0.4) is 0 Å². The molecule has 0 aromatic carbocycles. The summed E-state index contributed by atoms with van der Waals surface area (Å²) in [5, 5.41) is 15.7. The molecule has 4 heteroatoms. The molecule has 1 aromatic rings. The minimum Gasteiger partial charge on any atom is -0.476 e. The second-order valence-corrected chi connectivity index (χ2v) is 3.69. The van der Waals surface area contributed by atoms with Crippen LogP contribution in [-0.4, -0.2) is 21.3 Å². The van der Waals surface area contributed by atoms with Crippen LogP contribution in [-0.2, 0) is 12.8 Å². The van der Waals surface area contributed by atoms with E-state index in [4.69, 9.17) is 5.11 Å². The van der Waals surface area contributed by atoms with Gasteiger partial charge in [-0.25, -0.2) is 4.79 Å². The topological polar surface area (TPSA) is 66.0 Å². The molecule has 0 bridgehead atoms. The van der Waals surface area contributed by atoms with Crippen molar-refractivity contribution in [3.05, 3.63) is 17.0 Å².